The smallest absolute Gasteiger partial charge is 0.342 e. The second-order valence-electron chi connectivity index (χ2n) is 6.61. The standard InChI is InChI=1S/C21H23N3O4/c1-12-19(13(2)24(4)23-12)22-20(25)14(3)28-21(26)17-10-15-8-6-7-9-16(15)11-18(17)27-5/h6-11,14H,1-5H3,(H,22,25)/t14-/m1/s1. The summed E-state index contributed by atoms with van der Waals surface area (Å²) in [5.41, 5.74) is 2.41. The average Bonchev–Trinajstić information content (AvgIpc) is 2.92. The Morgan fingerprint density at radius 3 is 2.36 bits per heavy atom. The first-order valence-corrected chi connectivity index (χ1v) is 8.90. The van der Waals surface area contributed by atoms with Crippen molar-refractivity contribution in [1.29, 1.82) is 0 Å². The van der Waals surface area contributed by atoms with Gasteiger partial charge in [0.1, 0.15) is 11.3 Å². The number of nitrogens with zero attached hydrogens (tertiary/aromatic N) is 2. The first kappa shape index (κ1) is 19.4. The molecule has 7 nitrogen and oxygen atoms in total. The molecule has 28 heavy (non-hydrogen) atoms. The summed E-state index contributed by atoms with van der Waals surface area (Å²) >= 11 is 0. The highest BCUT2D eigenvalue weighted by Gasteiger charge is 2.23. The minimum absolute atomic E-state index is 0.273. The fourth-order valence-corrected chi connectivity index (χ4v) is 3.00. The van der Waals surface area contributed by atoms with Gasteiger partial charge in [0.15, 0.2) is 6.10 Å². The maximum absolute atomic E-state index is 12.7. The largest absolute Gasteiger partial charge is 0.496 e. The number of carbonyl (C=O) groups excluding carboxylic acids is 2. The van der Waals surface area contributed by atoms with E-state index in [1.807, 2.05) is 31.2 Å². The molecule has 0 saturated heterocycles. The Balaban J connectivity index is 1.78. The number of hydrogen-bond acceptors (Lipinski definition) is 5. The van der Waals surface area contributed by atoms with Crippen molar-refractivity contribution in [3.63, 3.8) is 0 Å². The lowest BCUT2D eigenvalue weighted by atomic mass is 10.1. The van der Waals surface area contributed by atoms with Gasteiger partial charge in [-0.25, -0.2) is 4.79 Å². The summed E-state index contributed by atoms with van der Waals surface area (Å²) in [6, 6.07) is 11.1. The van der Waals surface area contributed by atoms with Crippen molar-refractivity contribution in [2.24, 2.45) is 7.05 Å². The van der Waals surface area contributed by atoms with Crippen LogP contribution in [0.3, 0.4) is 0 Å². The van der Waals surface area contributed by atoms with Gasteiger partial charge >= 0.3 is 5.97 Å². The number of nitrogens with one attached hydrogen (secondary N) is 1. The van der Waals surface area contributed by atoms with Crippen LogP contribution in [0.15, 0.2) is 36.4 Å². The third kappa shape index (κ3) is 3.69. The van der Waals surface area contributed by atoms with Gasteiger partial charge < -0.3 is 14.8 Å². The number of rotatable bonds is 5. The van der Waals surface area contributed by atoms with Gasteiger partial charge in [0.2, 0.25) is 0 Å². The van der Waals surface area contributed by atoms with Crippen LogP contribution in [0.5, 0.6) is 5.75 Å². The Bertz CT molecular complexity index is 1060. The molecule has 0 aliphatic heterocycles. The SMILES string of the molecule is COc1cc2ccccc2cc1C(=O)O[C@H](C)C(=O)Nc1c(C)nn(C)c1C. The predicted molar refractivity (Wildman–Crippen MR) is 107 cm³/mol. The Hall–Kier alpha value is -3.35. The summed E-state index contributed by atoms with van der Waals surface area (Å²) in [5.74, 6) is -0.646. The van der Waals surface area contributed by atoms with Crippen LogP contribution < -0.4 is 10.1 Å². The van der Waals surface area contributed by atoms with Crippen LogP contribution in [-0.4, -0.2) is 34.9 Å². The van der Waals surface area contributed by atoms with Gasteiger partial charge in [0, 0.05) is 7.05 Å². The van der Waals surface area contributed by atoms with Crippen LogP contribution in [-0.2, 0) is 16.6 Å². The highest BCUT2D eigenvalue weighted by atomic mass is 16.5. The number of anilines is 1. The Morgan fingerprint density at radius 1 is 1.14 bits per heavy atom. The van der Waals surface area contributed by atoms with Gasteiger partial charge in [0.05, 0.1) is 24.2 Å². The second kappa shape index (κ2) is 7.72. The number of aromatic nitrogens is 2. The quantitative estimate of drug-likeness (QED) is 0.685. The molecule has 0 unspecified atom stereocenters. The van der Waals surface area contributed by atoms with Crippen LogP contribution in [0.25, 0.3) is 10.8 Å². The van der Waals surface area contributed by atoms with E-state index >= 15 is 0 Å². The van der Waals surface area contributed by atoms with E-state index in [0.29, 0.717) is 17.1 Å². The van der Waals surface area contributed by atoms with E-state index in [1.165, 1.54) is 14.0 Å². The molecule has 0 saturated carbocycles. The van der Waals surface area contributed by atoms with Gasteiger partial charge in [-0.1, -0.05) is 24.3 Å². The molecule has 1 amide bonds. The number of aryl methyl sites for hydroxylation is 2. The molecule has 1 heterocycles. The van der Waals surface area contributed by atoms with Crippen LogP contribution in [0.1, 0.15) is 28.7 Å². The molecule has 1 atom stereocenters. The zero-order valence-corrected chi connectivity index (χ0v) is 16.6. The molecule has 7 heteroatoms. The van der Waals surface area contributed by atoms with Crippen molar-refractivity contribution in [3.8, 4) is 5.75 Å². The number of esters is 1. The minimum atomic E-state index is -0.984. The Kier molecular flexibility index (Phi) is 5.35. The van der Waals surface area contributed by atoms with Crippen molar-refractivity contribution < 1.29 is 19.1 Å². The molecule has 3 aromatic rings. The molecular weight excluding hydrogens is 358 g/mol. The lowest BCUT2D eigenvalue weighted by Crippen LogP contribution is -2.30. The van der Waals surface area contributed by atoms with Crippen molar-refractivity contribution >= 4 is 28.3 Å². The van der Waals surface area contributed by atoms with Gasteiger partial charge in [0.25, 0.3) is 5.91 Å². The number of amides is 1. The number of methoxy groups -OCH3 is 1. The lowest BCUT2D eigenvalue weighted by Gasteiger charge is -2.15. The van der Waals surface area contributed by atoms with Crippen molar-refractivity contribution in [1.82, 2.24) is 9.78 Å². The van der Waals surface area contributed by atoms with Crippen molar-refractivity contribution in [2.45, 2.75) is 26.9 Å². The molecule has 0 aliphatic carbocycles. The average molecular weight is 381 g/mol. The Labute approximate surface area is 163 Å². The molecular formula is C21H23N3O4. The highest BCUT2D eigenvalue weighted by molar-refractivity contribution is 6.01. The summed E-state index contributed by atoms with van der Waals surface area (Å²) < 4.78 is 12.4. The summed E-state index contributed by atoms with van der Waals surface area (Å²) in [6.45, 7) is 5.19. The molecule has 146 valence electrons. The molecule has 2 aromatic carbocycles. The first-order valence-electron chi connectivity index (χ1n) is 8.90. The number of fused-ring (bicyclic) bond motifs is 1. The van der Waals surface area contributed by atoms with E-state index in [4.69, 9.17) is 9.47 Å². The van der Waals surface area contributed by atoms with Gasteiger partial charge in [-0.15, -0.1) is 0 Å². The topological polar surface area (TPSA) is 82.4 Å². The molecule has 0 aliphatic rings. The van der Waals surface area contributed by atoms with Crippen molar-refractivity contribution in [3.05, 3.63) is 53.3 Å². The number of carbonyl (C=O) groups is 2. The fourth-order valence-electron chi connectivity index (χ4n) is 3.00. The van der Waals surface area contributed by atoms with Crippen LogP contribution in [0, 0.1) is 13.8 Å². The van der Waals surface area contributed by atoms with E-state index in [0.717, 1.165) is 16.5 Å². The third-order valence-corrected chi connectivity index (χ3v) is 4.70. The summed E-state index contributed by atoms with van der Waals surface area (Å²) in [7, 11) is 3.29. The Morgan fingerprint density at radius 2 is 1.79 bits per heavy atom. The molecule has 3 rings (SSSR count). The molecule has 0 radical (unpaired) electrons. The van der Waals surface area contributed by atoms with Gasteiger partial charge in [-0.05, 0) is 43.7 Å². The summed E-state index contributed by atoms with van der Waals surface area (Å²) in [5, 5.41) is 8.88. The molecule has 0 fully saturated rings. The van der Waals surface area contributed by atoms with E-state index in [2.05, 4.69) is 10.4 Å². The van der Waals surface area contributed by atoms with Gasteiger partial charge in [-0.2, -0.15) is 5.10 Å². The number of ether oxygens (including phenoxy) is 2. The monoisotopic (exact) mass is 381 g/mol. The molecule has 0 spiro atoms. The minimum Gasteiger partial charge on any atom is -0.496 e. The summed E-state index contributed by atoms with van der Waals surface area (Å²) in [4.78, 5) is 25.2. The molecule has 1 N–H and O–H groups in total. The van der Waals surface area contributed by atoms with Crippen LogP contribution in [0.2, 0.25) is 0 Å². The normalized spacial score (nSPS) is 11.9. The van der Waals surface area contributed by atoms with Gasteiger partial charge in [-0.3, -0.25) is 9.48 Å². The summed E-state index contributed by atoms with van der Waals surface area (Å²) in [6.07, 6.45) is -0.984. The fraction of sp³-hybridized carbons (Fsp3) is 0.286. The maximum atomic E-state index is 12.7. The van der Waals surface area contributed by atoms with Crippen molar-refractivity contribution in [2.75, 3.05) is 12.4 Å². The predicted octanol–water partition coefficient (Wildman–Crippen LogP) is 3.38. The molecule has 0 bridgehead atoms. The van der Waals surface area contributed by atoms with E-state index in [-0.39, 0.29) is 5.56 Å². The molecule has 1 aromatic heterocycles. The van der Waals surface area contributed by atoms with E-state index in [9.17, 15) is 9.59 Å². The third-order valence-electron chi connectivity index (χ3n) is 4.70. The zero-order valence-electron chi connectivity index (χ0n) is 16.6. The first-order chi connectivity index (χ1) is 13.3. The van der Waals surface area contributed by atoms with Crippen LogP contribution >= 0.6 is 0 Å². The maximum Gasteiger partial charge on any atom is 0.342 e. The number of hydrogen-bond donors (Lipinski definition) is 1. The highest BCUT2D eigenvalue weighted by Crippen LogP contribution is 2.27. The van der Waals surface area contributed by atoms with E-state index < -0.39 is 18.0 Å². The van der Waals surface area contributed by atoms with Crippen LogP contribution in [0.4, 0.5) is 5.69 Å². The lowest BCUT2D eigenvalue weighted by molar-refractivity contribution is -0.123. The second-order valence-corrected chi connectivity index (χ2v) is 6.61. The zero-order chi connectivity index (χ0) is 20.4. The number of benzene rings is 2. The van der Waals surface area contributed by atoms with E-state index in [1.54, 1.807) is 30.8 Å².